The molecule has 0 aliphatic carbocycles. The zero-order valence-electron chi connectivity index (χ0n) is 9.71. The maximum atomic E-state index is 10.7. The van der Waals surface area contributed by atoms with Gasteiger partial charge in [0.05, 0.1) is 11.5 Å². The van der Waals surface area contributed by atoms with Crippen LogP contribution in [0.25, 0.3) is 0 Å². The van der Waals surface area contributed by atoms with Gasteiger partial charge in [0.1, 0.15) is 6.20 Å². The zero-order chi connectivity index (χ0) is 12.8. The molecule has 0 spiro atoms. The van der Waals surface area contributed by atoms with Crippen LogP contribution in [-0.4, -0.2) is 35.2 Å². The number of ether oxygens (including phenoxy) is 1. The van der Waals surface area contributed by atoms with E-state index in [1.165, 1.54) is 0 Å². The summed E-state index contributed by atoms with van der Waals surface area (Å²) in [4.78, 5) is 17.6. The second kappa shape index (κ2) is 5.94. The topological polar surface area (TPSA) is 116 Å². The fourth-order valence-corrected chi connectivity index (χ4v) is 1.27. The number of rotatable bonds is 6. The summed E-state index contributed by atoms with van der Waals surface area (Å²) in [6.45, 7) is 3.01. The Morgan fingerprint density at radius 3 is 3.00 bits per heavy atom. The lowest BCUT2D eigenvalue weighted by Gasteiger charge is -2.11. The summed E-state index contributed by atoms with van der Waals surface area (Å²) in [6.07, 6.45) is 1.09. The largest absolute Gasteiger partial charge is 0.384 e. The highest BCUT2D eigenvalue weighted by Crippen LogP contribution is 2.21. The quantitative estimate of drug-likeness (QED) is 0.555. The Balaban J connectivity index is 2.75. The van der Waals surface area contributed by atoms with Crippen molar-refractivity contribution in [2.24, 2.45) is 5.92 Å². The molecule has 0 bridgehead atoms. The number of nitrogens with two attached hydrogens (primary N) is 1. The van der Waals surface area contributed by atoms with Gasteiger partial charge in [-0.05, 0) is 5.92 Å². The third-order valence-corrected chi connectivity index (χ3v) is 2.05. The summed E-state index contributed by atoms with van der Waals surface area (Å²) in [5.41, 5.74) is 5.19. The Hall–Kier alpha value is -1.96. The van der Waals surface area contributed by atoms with Crippen LogP contribution in [0.5, 0.6) is 0 Å². The summed E-state index contributed by atoms with van der Waals surface area (Å²) in [5.74, 6) is 0.332. The highest BCUT2D eigenvalue weighted by atomic mass is 16.6. The predicted molar refractivity (Wildman–Crippen MR) is 62.6 cm³/mol. The number of hydrogen-bond donors (Lipinski definition) is 2. The number of nitrogen functional groups attached to an aromatic ring is 1. The lowest BCUT2D eigenvalue weighted by molar-refractivity contribution is -0.384. The minimum atomic E-state index is -0.553. The number of nitrogens with zero attached hydrogens (tertiary/aromatic N) is 3. The summed E-state index contributed by atoms with van der Waals surface area (Å²) in [7, 11) is 1.60. The van der Waals surface area contributed by atoms with E-state index in [1.807, 2.05) is 6.92 Å². The summed E-state index contributed by atoms with van der Waals surface area (Å²) < 4.78 is 4.96. The van der Waals surface area contributed by atoms with Gasteiger partial charge in [0, 0.05) is 13.7 Å². The molecule has 0 radical (unpaired) electrons. The van der Waals surface area contributed by atoms with Crippen molar-refractivity contribution in [3.05, 3.63) is 16.3 Å². The molecule has 94 valence electrons. The van der Waals surface area contributed by atoms with Gasteiger partial charge in [-0.2, -0.15) is 4.98 Å². The molecule has 8 nitrogen and oxygen atoms in total. The highest BCUT2D eigenvalue weighted by Gasteiger charge is 2.16. The van der Waals surface area contributed by atoms with E-state index in [0.717, 1.165) is 6.20 Å². The standard InChI is InChI=1S/C9H15N5O3/c1-6(5-17-2)3-11-8-7(14(15)16)4-12-9(10)13-8/h4,6H,3,5H2,1-2H3,(H3,10,11,12,13). The van der Waals surface area contributed by atoms with Crippen molar-refractivity contribution in [3.63, 3.8) is 0 Å². The molecular formula is C9H15N5O3. The molecule has 0 saturated heterocycles. The van der Waals surface area contributed by atoms with Crippen molar-refractivity contribution >= 4 is 17.5 Å². The number of nitrogens with one attached hydrogen (secondary N) is 1. The lowest BCUT2D eigenvalue weighted by atomic mass is 10.2. The number of nitro groups is 1. The first-order valence-corrected chi connectivity index (χ1v) is 5.04. The molecule has 1 atom stereocenters. The Bertz CT molecular complexity index is 398. The van der Waals surface area contributed by atoms with Crippen LogP contribution in [0.1, 0.15) is 6.92 Å². The molecule has 1 aromatic heterocycles. The predicted octanol–water partition coefficient (Wildman–Crippen LogP) is 0.661. The van der Waals surface area contributed by atoms with E-state index >= 15 is 0 Å². The van der Waals surface area contributed by atoms with Crippen molar-refractivity contribution < 1.29 is 9.66 Å². The Morgan fingerprint density at radius 1 is 1.71 bits per heavy atom. The van der Waals surface area contributed by atoms with E-state index < -0.39 is 4.92 Å². The average Bonchev–Trinajstić information content (AvgIpc) is 2.26. The van der Waals surface area contributed by atoms with E-state index in [1.54, 1.807) is 7.11 Å². The first-order chi connectivity index (χ1) is 8.04. The van der Waals surface area contributed by atoms with Crippen LogP contribution in [0.2, 0.25) is 0 Å². The monoisotopic (exact) mass is 241 g/mol. The second-order valence-electron chi connectivity index (χ2n) is 3.66. The number of aromatic nitrogens is 2. The molecule has 1 aromatic rings. The van der Waals surface area contributed by atoms with Gasteiger partial charge < -0.3 is 15.8 Å². The highest BCUT2D eigenvalue weighted by molar-refractivity contribution is 5.56. The molecule has 3 N–H and O–H groups in total. The van der Waals surface area contributed by atoms with Gasteiger partial charge in [0.25, 0.3) is 0 Å². The van der Waals surface area contributed by atoms with E-state index in [0.29, 0.717) is 13.2 Å². The number of methoxy groups -OCH3 is 1. The van der Waals surface area contributed by atoms with Gasteiger partial charge in [-0.25, -0.2) is 4.98 Å². The first-order valence-electron chi connectivity index (χ1n) is 5.04. The maximum absolute atomic E-state index is 10.7. The number of hydrogen-bond acceptors (Lipinski definition) is 7. The average molecular weight is 241 g/mol. The van der Waals surface area contributed by atoms with Gasteiger partial charge >= 0.3 is 5.69 Å². The van der Waals surface area contributed by atoms with E-state index in [-0.39, 0.29) is 23.4 Å². The molecule has 0 fully saturated rings. The summed E-state index contributed by atoms with van der Waals surface area (Å²) in [6, 6.07) is 0. The van der Waals surface area contributed by atoms with Crippen LogP contribution in [-0.2, 0) is 4.74 Å². The molecule has 0 saturated carbocycles. The van der Waals surface area contributed by atoms with Crippen molar-refractivity contribution in [2.75, 3.05) is 31.3 Å². The van der Waals surface area contributed by atoms with Crippen LogP contribution >= 0.6 is 0 Å². The minimum Gasteiger partial charge on any atom is -0.384 e. The molecule has 0 amide bonds. The van der Waals surface area contributed by atoms with Crippen molar-refractivity contribution in [1.82, 2.24) is 9.97 Å². The third kappa shape index (κ3) is 3.83. The molecule has 0 aliphatic heterocycles. The Kier molecular flexibility index (Phi) is 4.58. The van der Waals surface area contributed by atoms with Gasteiger partial charge in [-0.3, -0.25) is 10.1 Å². The van der Waals surface area contributed by atoms with Crippen LogP contribution < -0.4 is 11.1 Å². The van der Waals surface area contributed by atoms with Gasteiger partial charge in [0.2, 0.25) is 11.8 Å². The molecule has 1 unspecified atom stereocenters. The zero-order valence-corrected chi connectivity index (χ0v) is 9.71. The number of anilines is 2. The van der Waals surface area contributed by atoms with Crippen LogP contribution in [0.3, 0.4) is 0 Å². The second-order valence-corrected chi connectivity index (χ2v) is 3.66. The Labute approximate surface area is 98.4 Å². The van der Waals surface area contributed by atoms with Crippen molar-refractivity contribution in [3.8, 4) is 0 Å². The minimum absolute atomic E-state index is 0.00232. The Morgan fingerprint density at radius 2 is 2.41 bits per heavy atom. The molecule has 1 heterocycles. The summed E-state index contributed by atoms with van der Waals surface area (Å²) in [5, 5.41) is 13.6. The molecule has 8 heteroatoms. The van der Waals surface area contributed by atoms with E-state index in [9.17, 15) is 10.1 Å². The van der Waals surface area contributed by atoms with Crippen LogP contribution in [0.4, 0.5) is 17.5 Å². The van der Waals surface area contributed by atoms with Crippen molar-refractivity contribution in [1.29, 1.82) is 0 Å². The van der Waals surface area contributed by atoms with Gasteiger partial charge in [0.15, 0.2) is 0 Å². The first kappa shape index (κ1) is 13.1. The lowest BCUT2D eigenvalue weighted by Crippen LogP contribution is -2.17. The fourth-order valence-electron chi connectivity index (χ4n) is 1.27. The molecule has 0 aromatic carbocycles. The van der Waals surface area contributed by atoms with Gasteiger partial charge in [-0.15, -0.1) is 0 Å². The third-order valence-electron chi connectivity index (χ3n) is 2.05. The fraction of sp³-hybridized carbons (Fsp3) is 0.556. The SMILES string of the molecule is COCC(C)CNc1nc(N)ncc1[N+](=O)[O-]. The van der Waals surface area contributed by atoms with Crippen LogP contribution in [0.15, 0.2) is 6.20 Å². The maximum Gasteiger partial charge on any atom is 0.329 e. The summed E-state index contributed by atoms with van der Waals surface area (Å²) >= 11 is 0. The van der Waals surface area contributed by atoms with Gasteiger partial charge in [-0.1, -0.05) is 6.92 Å². The normalized spacial score (nSPS) is 12.1. The van der Waals surface area contributed by atoms with E-state index in [4.69, 9.17) is 10.5 Å². The smallest absolute Gasteiger partial charge is 0.329 e. The molecule has 17 heavy (non-hydrogen) atoms. The van der Waals surface area contributed by atoms with Crippen LogP contribution in [0, 0.1) is 16.0 Å². The molecular weight excluding hydrogens is 226 g/mol. The molecule has 0 aliphatic rings. The van der Waals surface area contributed by atoms with E-state index in [2.05, 4.69) is 15.3 Å². The molecule has 1 rings (SSSR count). The van der Waals surface area contributed by atoms with Crippen molar-refractivity contribution in [2.45, 2.75) is 6.92 Å².